The zero-order valence-corrected chi connectivity index (χ0v) is 23.6. The molecule has 5 rings (SSSR count). The van der Waals surface area contributed by atoms with Gasteiger partial charge in [-0.05, 0) is 58.2 Å². The van der Waals surface area contributed by atoms with E-state index in [9.17, 15) is 5.11 Å². The molecule has 0 radical (unpaired) electrons. The second kappa shape index (κ2) is 9.60. The van der Waals surface area contributed by atoms with E-state index < -0.39 is 0 Å². The molecule has 2 heterocycles. The van der Waals surface area contributed by atoms with Crippen molar-refractivity contribution in [3.63, 3.8) is 0 Å². The Hall–Kier alpha value is -3.18. The highest BCUT2D eigenvalue weighted by Crippen LogP contribution is 2.43. The lowest BCUT2D eigenvalue weighted by atomic mass is 9.83. The molecule has 1 aromatic heterocycles. The Balaban J connectivity index is 1.61. The average Bonchev–Trinajstić information content (AvgIpc) is 3.51. The fourth-order valence-corrected chi connectivity index (χ4v) is 5.71. The van der Waals surface area contributed by atoms with E-state index in [-0.39, 0.29) is 17.4 Å². The van der Waals surface area contributed by atoms with Gasteiger partial charge in [0, 0.05) is 11.1 Å². The highest BCUT2D eigenvalue weighted by Gasteiger charge is 2.24. The van der Waals surface area contributed by atoms with Crippen molar-refractivity contribution in [2.45, 2.75) is 65.8 Å². The molecule has 0 fully saturated rings. The summed E-state index contributed by atoms with van der Waals surface area (Å²) < 4.78 is 7.04. The molecule has 1 atom stereocenters. The van der Waals surface area contributed by atoms with E-state index in [0.29, 0.717) is 18.3 Å². The Labute approximate surface area is 224 Å². The Bertz CT molecular complexity index is 1490. The maximum absolute atomic E-state index is 11.3. The maximum atomic E-state index is 11.3. The van der Waals surface area contributed by atoms with Crippen LogP contribution in [-0.4, -0.2) is 28.6 Å². The molecule has 0 aliphatic carbocycles. The molecular formula is C32H36N2O2S. The first-order chi connectivity index (χ1) is 17.5. The van der Waals surface area contributed by atoms with Crippen LogP contribution in [0.2, 0.25) is 0 Å². The number of para-hydroxylation sites is 1. The van der Waals surface area contributed by atoms with Gasteiger partial charge in [0.05, 0.1) is 21.8 Å². The number of thiazole rings is 1. The number of hydrogen-bond donors (Lipinski definition) is 1. The maximum Gasteiger partial charge on any atom is 0.216 e. The highest BCUT2D eigenvalue weighted by atomic mass is 32.1. The van der Waals surface area contributed by atoms with E-state index >= 15 is 0 Å². The second-order valence-electron chi connectivity index (χ2n) is 11.7. The minimum Gasteiger partial charge on any atom is -0.507 e. The largest absolute Gasteiger partial charge is 0.507 e. The number of ether oxygens (including phenoxy) is 1. The van der Waals surface area contributed by atoms with Crippen molar-refractivity contribution in [2.24, 2.45) is 10.9 Å². The van der Waals surface area contributed by atoms with Gasteiger partial charge in [0.1, 0.15) is 17.4 Å². The summed E-state index contributed by atoms with van der Waals surface area (Å²) in [4.78, 5) is 9.92. The van der Waals surface area contributed by atoms with Crippen molar-refractivity contribution in [2.75, 3.05) is 6.61 Å². The van der Waals surface area contributed by atoms with Crippen LogP contribution in [0.3, 0.4) is 0 Å². The van der Waals surface area contributed by atoms with Crippen molar-refractivity contribution >= 4 is 27.5 Å². The van der Waals surface area contributed by atoms with Crippen molar-refractivity contribution in [1.82, 2.24) is 4.98 Å². The first-order valence-electron chi connectivity index (χ1n) is 13.1. The first kappa shape index (κ1) is 25.5. The van der Waals surface area contributed by atoms with E-state index in [1.807, 2.05) is 0 Å². The normalized spacial score (nSPS) is 16.0. The van der Waals surface area contributed by atoms with Gasteiger partial charge in [-0.25, -0.2) is 9.98 Å². The SMILES string of the molecule is CC(C)c1cc(C(C)(C)C)cc(-c2nc3c(-c4cccc(C5=N[C@@H](C(C)C)CO5)c4)cccc3s2)c1O. The lowest BCUT2D eigenvalue weighted by molar-refractivity contribution is 0.292. The van der Waals surface area contributed by atoms with Gasteiger partial charge in [-0.15, -0.1) is 11.3 Å². The van der Waals surface area contributed by atoms with Crippen molar-refractivity contribution < 1.29 is 9.84 Å². The van der Waals surface area contributed by atoms with Crippen LogP contribution in [0.25, 0.3) is 31.9 Å². The minimum atomic E-state index is -0.0338. The third-order valence-electron chi connectivity index (χ3n) is 7.14. The lowest BCUT2D eigenvalue weighted by Gasteiger charge is -2.23. The third kappa shape index (κ3) is 4.89. The summed E-state index contributed by atoms with van der Waals surface area (Å²) in [6, 6.07) is 19.1. The average molecular weight is 513 g/mol. The lowest BCUT2D eigenvalue weighted by Crippen LogP contribution is -2.13. The molecular weight excluding hydrogens is 476 g/mol. The molecule has 0 spiro atoms. The van der Waals surface area contributed by atoms with Gasteiger partial charge in [0.2, 0.25) is 5.90 Å². The van der Waals surface area contributed by atoms with Crippen LogP contribution in [0.1, 0.15) is 71.1 Å². The van der Waals surface area contributed by atoms with Crippen LogP contribution < -0.4 is 0 Å². The van der Waals surface area contributed by atoms with E-state index in [0.717, 1.165) is 48.9 Å². The summed E-state index contributed by atoms with van der Waals surface area (Å²) in [5.74, 6) is 1.72. The van der Waals surface area contributed by atoms with Gasteiger partial charge < -0.3 is 9.84 Å². The molecule has 1 aliphatic heterocycles. The number of phenols is 1. The molecule has 0 amide bonds. The summed E-state index contributed by atoms with van der Waals surface area (Å²) in [7, 11) is 0. The molecule has 5 heteroatoms. The van der Waals surface area contributed by atoms with Crippen molar-refractivity contribution in [1.29, 1.82) is 0 Å². The Kier molecular flexibility index (Phi) is 6.61. The Morgan fingerprint density at radius 3 is 2.35 bits per heavy atom. The van der Waals surface area contributed by atoms with Gasteiger partial charge in [-0.2, -0.15) is 0 Å². The smallest absolute Gasteiger partial charge is 0.216 e. The summed E-state index contributed by atoms with van der Waals surface area (Å²) in [5, 5.41) is 12.1. The summed E-state index contributed by atoms with van der Waals surface area (Å²) in [6.07, 6.45) is 0. The number of rotatable bonds is 5. The highest BCUT2D eigenvalue weighted by molar-refractivity contribution is 7.21. The fourth-order valence-electron chi connectivity index (χ4n) is 4.70. The van der Waals surface area contributed by atoms with Crippen LogP contribution in [0.15, 0.2) is 59.6 Å². The molecule has 0 unspecified atom stereocenters. The number of benzene rings is 3. The van der Waals surface area contributed by atoms with E-state index in [1.54, 1.807) is 11.3 Å². The fraction of sp³-hybridized carbons (Fsp3) is 0.375. The molecule has 1 N–H and O–H groups in total. The van der Waals surface area contributed by atoms with Gasteiger partial charge >= 0.3 is 0 Å². The number of aromatic hydroxyl groups is 1. The summed E-state index contributed by atoms with van der Waals surface area (Å²) >= 11 is 1.63. The second-order valence-corrected chi connectivity index (χ2v) is 12.7. The molecule has 0 saturated carbocycles. The first-order valence-corrected chi connectivity index (χ1v) is 13.9. The Morgan fingerprint density at radius 2 is 1.68 bits per heavy atom. The standard InChI is InChI=1S/C32H36N2O2S/c1-18(2)24-15-22(32(5,6)7)16-25(29(24)35)31-34-28-23(12-9-13-27(28)37-31)20-10-8-11-21(14-20)30-33-26(17-36-30)19(3)4/h8-16,18-19,26,35H,17H2,1-7H3/t26-/m1/s1. The summed E-state index contributed by atoms with van der Waals surface area (Å²) in [5.41, 5.74) is 7.02. The molecule has 0 bridgehead atoms. The van der Waals surface area contributed by atoms with Crippen molar-refractivity contribution in [3.8, 4) is 27.4 Å². The predicted octanol–water partition coefficient (Wildman–Crippen LogP) is 8.56. The quantitative estimate of drug-likeness (QED) is 0.291. The number of hydrogen-bond acceptors (Lipinski definition) is 5. The van der Waals surface area contributed by atoms with Crippen LogP contribution in [0, 0.1) is 5.92 Å². The van der Waals surface area contributed by atoms with Crippen LogP contribution in [0.5, 0.6) is 5.75 Å². The molecule has 1 aliphatic rings. The van der Waals surface area contributed by atoms with Gasteiger partial charge in [0.25, 0.3) is 0 Å². The molecule has 192 valence electrons. The molecule has 0 saturated heterocycles. The third-order valence-corrected chi connectivity index (χ3v) is 8.19. The van der Waals surface area contributed by atoms with E-state index in [4.69, 9.17) is 14.7 Å². The Morgan fingerprint density at radius 1 is 0.946 bits per heavy atom. The monoisotopic (exact) mass is 512 g/mol. The van der Waals surface area contributed by atoms with E-state index in [2.05, 4.69) is 103 Å². The van der Waals surface area contributed by atoms with Gasteiger partial charge in [0.15, 0.2) is 0 Å². The molecule has 4 nitrogen and oxygen atoms in total. The van der Waals surface area contributed by atoms with Gasteiger partial charge in [-0.3, -0.25) is 0 Å². The summed E-state index contributed by atoms with van der Waals surface area (Å²) in [6.45, 7) is 15.9. The topological polar surface area (TPSA) is 54.7 Å². The number of nitrogens with zero attached hydrogens (tertiary/aromatic N) is 2. The van der Waals surface area contributed by atoms with Crippen molar-refractivity contribution in [3.05, 3.63) is 71.3 Å². The van der Waals surface area contributed by atoms with Crippen LogP contribution in [-0.2, 0) is 10.2 Å². The van der Waals surface area contributed by atoms with Crippen LogP contribution in [0.4, 0.5) is 0 Å². The number of fused-ring (bicyclic) bond motifs is 1. The zero-order chi connectivity index (χ0) is 26.5. The van der Waals surface area contributed by atoms with Gasteiger partial charge in [-0.1, -0.05) is 78.8 Å². The minimum absolute atomic E-state index is 0.0338. The number of aliphatic imine (C=N–C) groups is 1. The number of phenolic OH excluding ortho intramolecular Hbond substituents is 1. The number of aromatic nitrogens is 1. The van der Waals surface area contributed by atoms with E-state index in [1.165, 1.54) is 5.56 Å². The predicted molar refractivity (Wildman–Crippen MR) is 156 cm³/mol. The molecule has 37 heavy (non-hydrogen) atoms. The zero-order valence-electron chi connectivity index (χ0n) is 22.8. The molecule has 3 aromatic carbocycles. The van der Waals surface area contributed by atoms with Crippen LogP contribution >= 0.6 is 11.3 Å². The molecule has 4 aromatic rings.